The van der Waals surface area contributed by atoms with Gasteiger partial charge in [0.05, 0.1) is 11.5 Å². The van der Waals surface area contributed by atoms with Gasteiger partial charge in [-0.05, 0) is 31.2 Å². The Bertz CT molecular complexity index is 656. The van der Waals surface area contributed by atoms with Crippen molar-refractivity contribution in [3.05, 3.63) is 64.2 Å². The molecular formula is C15H14N2O4. The molecule has 0 bridgehead atoms. The highest BCUT2D eigenvalue weighted by atomic mass is 16.6. The number of hydrogen-bond acceptors (Lipinski definition) is 4. The highest BCUT2D eigenvalue weighted by molar-refractivity contribution is 6.04. The Labute approximate surface area is 121 Å². The molecule has 0 radical (unpaired) electrons. The van der Waals surface area contributed by atoms with Gasteiger partial charge in [-0.1, -0.05) is 18.2 Å². The quantitative estimate of drug-likeness (QED) is 0.675. The molecule has 2 aromatic rings. The van der Waals surface area contributed by atoms with Gasteiger partial charge in [-0.2, -0.15) is 0 Å². The van der Waals surface area contributed by atoms with E-state index in [-0.39, 0.29) is 17.0 Å². The lowest BCUT2D eigenvalue weighted by Gasteiger charge is -2.07. The van der Waals surface area contributed by atoms with Gasteiger partial charge in [0, 0.05) is 17.3 Å². The lowest BCUT2D eigenvalue weighted by molar-refractivity contribution is -0.385. The first kappa shape index (κ1) is 14.5. The van der Waals surface area contributed by atoms with Crippen LogP contribution in [0.25, 0.3) is 0 Å². The van der Waals surface area contributed by atoms with Crippen molar-refractivity contribution in [2.45, 2.75) is 6.92 Å². The van der Waals surface area contributed by atoms with Crippen LogP contribution in [0.2, 0.25) is 0 Å². The second-order valence-corrected chi connectivity index (χ2v) is 4.19. The molecule has 0 aliphatic heterocycles. The summed E-state index contributed by atoms with van der Waals surface area (Å²) in [6.07, 6.45) is 0. The maximum atomic E-state index is 12.1. The highest BCUT2D eigenvalue weighted by Crippen LogP contribution is 2.28. The maximum absolute atomic E-state index is 12.1. The van der Waals surface area contributed by atoms with Gasteiger partial charge < -0.3 is 10.1 Å². The summed E-state index contributed by atoms with van der Waals surface area (Å²) in [5.74, 6) is -0.258. The van der Waals surface area contributed by atoms with Crippen molar-refractivity contribution in [3.8, 4) is 5.75 Å². The SMILES string of the molecule is CCOc1ccc(C(=O)Nc2ccccc2)cc1[N+](=O)[O-]. The monoisotopic (exact) mass is 286 g/mol. The van der Waals surface area contributed by atoms with Gasteiger partial charge in [-0.3, -0.25) is 14.9 Å². The van der Waals surface area contributed by atoms with Gasteiger partial charge in [0.1, 0.15) is 0 Å². The number of hydrogen-bond donors (Lipinski definition) is 1. The molecule has 0 fully saturated rings. The first-order chi connectivity index (χ1) is 10.1. The Morgan fingerprint density at radius 3 is 2.57 bits per heavy atom. The topological polar surface area (TPSA) is 81.5 Å². The van der Waals surface area contributed by atoms with Crippen molar-refractivity contribution in [3.63, 3.8) is 0 Å². The summed E-state index contributed by atoms with van der Waals surface area (Å²) in [6.45, 7) is 2.05. The molecule has 6 nitrogen and oxygen atoms in total. The Morgan fingerprint density at radius 2 is 1.95 bits per heavy atom. The fourth-order valence-electron chi connectivity index (χ4n) is 1.80. The second-order valence-electron chi connectivity index (χ2n) is 4.19. The molecule has 0 heterocycles. The van der Waals surface area contributed by atoms with E-state index in [1.54, 1.807) is 31.2 Å². The number of ether oxygens (including phenoxy) is 1. The summed E-state index contributed by atoms with van der Waals surface area (Å²) in [6, 6.07) is 13.0. The molecule has 0 aliphatic carbocycles. The van der Waals surface area contributed by atoms with Crippen molar-refractivity contribution in [2.24, 2.45) is 0 Å². The zero-order valence-corrected chi connectivity index (χ0v) is 11.4. The number of carbonyl (C=O) groups excluding carboxylic acids is 1. The van der Waals surface area contributed by atoms with Crippen molar-refractivity contribution in [1.82, 2.24) is 0 Å². The van der Waals surface area contributed by atoms with Crippen molar-refractivity contribution >= 4 is 17.3 Å². The van der Waals surface area contributed by atoms with Gasteiger partial charge in [0.25, 0.3) is 5.91 Å². The van der Waals surface area contributed by atoms with E-state index in [1.165, 1.54) is 18.2 Å². The molecule has 6 heteroatoms. The number of amides is 1. The van der Waals surface area contributed by atoms with E-state index < -0.39 is 10.8 Å². The van der Waals surface area contributed by atoms with Gasteiger partial charge in [-0.25, -0.2) is 0 Å². The van der Waals surface area contributed by atoms with Crippen molar-refractivity contribution < 1.29 is 14.5 Å². The predicted octanol–water partition coefficient (Wildman–Crippen LogP) is 3.25. The molecule has 0 spiro atoms. The van der Waals surface area contributed by atoms with Crippen LogP contribution >= 0.6 is 0 Å². The number of anilines is 1. The minimum absolute atomic E-state index is 0.152. The van der Waals surface area contributed by atoms with Gasteiger partial charge in [-0.15, -0.1) is 0 Å². The van der Waals surface area contributed by atoms with Crippen molar-refractivity contribution in [2.75, 3.05) is 11.9 Å². The number of rotatable bonds is 5. The minimum atomic E-state index is -0.565. The number of nitro groups is 1. The summed E-state index contributed by atoms with van der Waals surface area (Å²) in [7, 11) is 0. The number of nitrogens with one attached hydrogen (secondary N) is 1. The molecule has 0 aliphatic rings. The third kappa shape index (κ3) is 3.56. The average molecular weight is 286 g/mol. The Morgan fingerprint density at radius 1 is 1.24 bits per heavy atom. The zero-order valence-electron chi connectivity index (χ0n) is 11.4. The molecule has 1 N–H and O–H groups in total. The first-order valence-corrected chi connectivity index (χ1v) is 6.39. The number of carbonyl (C=O) groups is 1. The highest BCUT2D eigenvalue weighted by Gasteiger charge is 2.18. The van der Waals surface area contributed by atoms with E-state index >= 15 is 0 Å². The third-order valence-electron chi connectivity index (χ3n) is 2.75. The second kappa shape index (κ2) is 6.51. The molecule has 21 heavy (non-hydrogen) atoms. The van der Waals surface area contributed by atoms with Crippen LogP contribution in [0.1, 0.15) is 17.3 Å². The summed E-state index contributed by atoms with van der Waals surface area (Å²) in [5, 5.41) is 13.7. The summed E-state index contributed by atoms with van der Waals surface area (Å²) in [5.41, 5.74) is 0.602. The van der Waals surface area contributed by atoms with E-state index in [2.05, 4.69) is 5.32 Å². The van der Waals surface area contributed by atoms with Gasteiger partial charge in [0.2, 0.25) is 0 Å². The van der Waals surface area contributed by atoms with Crippen LogP contribution in [0.3, 0.4) is 0 Å². The standard InChI is InChI=1S/C15H14N2O4/c1-2-21-14-9-8-11(10-13(14)17(19)20)15(18)16-12-6-4-3-5-7-12/h3-10H,2H2,1H3,(H,16,18). The molecule has 0 saturated heterocycles. The lowest BCUT2D eigenvalue weighted by Crippen LogP contribution is -2.12. The third-order valence-corrected chi connectivity index (χ3v) is 2.75. The molecule has 0 saturated carbocycles. The molecule has 0 aromatic heterocycles. The van der Waals surface area contributed by atoms with E-state index in [1.807, 2.05) is 6.07 Å². The van der Waals surface area contributed by atoms with Crippen LogP contribution in [0.4, 0.5) is 11.4 Å². The first-order valence-electron chi connectivity index (χ1n) is 6.39. The Hall–Kier alpha value is -2.89. The van der Waals surface area contributed by atoms with Crippen LogP contribution in [-0.2, 0) is 0 Å². The van der Waals surface area contributed by atoms with E-state index in [0.717, 1.165) is 0 Å². The van der Waals surface area contributed by atoms with Crippen LogP contribution in [-0.4, -0.2) is 17.4 Å². The number of nitrogens with zero attached hydrogens (tertiary/aromatic N) is 1. The molecule has 108 valence electrons. The minimum Gasteiger partial charge on any atom is -0.487 e. The zero-order chi connectivity index (χ0) is 15.2. The summed E-state index contributed by atoms with van der Waals surface area (Å²) in [4.78, 5) is 22.5. The summed E-state index contributed by atoms with van der Waals surface area (Å²) < 4.78 is 5.18. The Kier molecular flexibility index (Phi) is 4.50. The normalized spacial score (nSPS) is 9.95. The fraction of sp³-hybridized carbons (Fsp3) is 0.133. The van der Waals surface area contributed by atoms with E-state index in [9.17, 15) is 14.9 Å². The molecule has 2 rings (SSSR count). The number of para-hydroxylation sites is 1. The summed E-state index contributed by atoms with van der Waals surface area (Å²) >= 11 is 0. The Balaban J connectivity index is 2.25. The van der Waals surface area contributed by atoms with Gasteiger partial charge in [0.15, 0.2) is 5.75 Å². The molecule has 0 atom stereocenters. The molecule has 1 amide bonds. The number of nitro benzene ring substituents is 1. The number of benzene rings is 2. The van der Waals surface area contributed by atoms with E-state index in [0.29, 0.717) is 12.3 Å². The fourth-order valence-corrected chi connectivity index (χ4v) is 1.80. The molecular weight excluding hydrogens is 272 g/mol. The van der Waals surface area contributed by atoms with Crippen LogP contribution < -0.4 is 10.1 Å². The molecule has 0 unspecified atom stereocenters. The largest absolute Gasteiger partial charge is 0.487 e. The maximum Gasteiger partial charge on any atom is 0.311 e. The van der Waals surface area contributed by atoms with Crippen LogP contribution in [0.15, 0.2) is 48.5 Å². The van der Waals surface area contributed by atoms with Crippen LogP contribution in [0.5, 0.6) is 5.75 Å². The van der Waals surface area contributed by atoms with Crippen LogP contribution in [0, 0.1) is 10.1 Å². The van der Waals surface area contributed by atoms with Gasteiger partial charge >= 0.3 is 5.69 Å². The van der Waals surface area contributed by atoms with Crippen molar-refractivity contribution in [1.29, 1.82) is 0 Å². The smallest absolute Gasteiger partial charge is 0.311 e. The van der Waals surface area contributed by atoms with E-state index in [4.69, 9.17) is 4.74 Å². The molecule has 2 aromatic carbocycles. The average Bonchev–Trinajstić information content (AvgIpc) is 2.48. The predicted molar refractivity (Wildman–Crippen MR) is 78.7 cm³/mol. The lowest BCUT2D eigenvalue weighted by atomic mass is 10.1.